The van der Waals surface area contributed by atoms with Gasteiger partial charge in [0.2, 0.25) is 5.91 Å². The lowest BCUT2D eigenvalue weighted by Gasteiger charge is -2.23. The number of rotatable bonds is 7. The number of hydrogen-bond donors (Lipinski definition) is 2. The summed E-state index contributed by atoms with van der Waals surface area (Å²) in [5.74, 6) is -0.425. The summed E-state index contributed by atoms with van der Waals surface area (Å²) in [4.78, 5) is 27.5. The van der Waals surface area contributed by atoms with Gasteiger partial charge in [-0.3, -0.25) is 9.59 Å². The monoisotopic (exact) mass is 359 g/mol. The highest BCUT2D eigenvalue weighted by atomic mass is 32.1. The van der Waals surface area contributed by atoms with E-state index >= 15 is 0 Å². The van der Waals surface area contributed by atoms with Gasteiger partial charge in [0.1, 0.15) is 0 Å². The minimum Gasteiger partial charge on any atom is -0.353 e. The Balaban J connectivity index is 1.84. The van der Waals surface area contributed by atoms with E-state index in [1.807, 2.05) is 57.6 Å². The Kier molecular flexibility index (Phi) is 6.73. The van der Waals surface area contributed by atoms with E-state index in [0.717, 1.165) is 11.1 Å². The molecule has 2 rings (SSSR count). The average Bonchev–Trinajstić information content (AvgIpc) is 3.05. The van der Waals surface area contributed by atoms with Crippen molar-refractivity contribution in [3.8, 4) is 0 Å². The Morgan fingerprint density at radius 1 is 1.12 bits per heavy atom. The molecule has 134 valence electrons. The normalized spacial score (nSPS) is 12.0. The van der Waals surface area contributed by atoms with Gasteiger partial charge in [0, 0.05) is 17.0 Å². The zero-order valence-electron chi connectivity index (χ0n) is 15.1. The number of nitrogens with one attached hydrogen (secondary N) is 2. The van der Waals surface area contributed by atoms with Crippen LogP contribution >= 0.6 is 11.3 Å². The first-order valence-corrected chi connectivity index (χ1v) is 9.08. The molecule has 1 heterocycles. The molecular weight excluding hydrogens is 334 g/mol. The van der Waals surface area contributed by atoms with Crippen LogP contribution in [0.3, 0.4) is 0 Å². The number of benzene rings is 1. The molecule has 2 aromatic rings. The second kappa shape index (κ2) is 8.78. The fourth-order valence-corrected chi connectivity index (χ4v) is 3.58. The van der Waals surface area contributed by atoms with Crippen LogP contribution in [-0.4, -0.2) is 43.9 Å². The van der Waals surface area contributed by atoms with Gasteiger partial charge in [-0.25, -0.2) is 0 Å². The van der Waals surface area contributed by atoms with Gasteiger partial charge in [0.15, 0.2) is 0 Å². The molecule has 1 unspecified atom stereocenters. The largest absolute Gasteiger partial charge is 0.353 e. The van der Waals surface area contributed by atoms with Gasteiger partial charge in [0.05, 0.1) is 12.6 Å². The van der Waals surface area contributed by atoms with Crippen molar-refractivity contribution in [2.24, 2.45) is 0 Å². The van der Waals surface area contributed by atoms with E-state index in [-0.39, 0.29) is 24.4 Å². The van der Waals surface area contributed by atoms with Crippen LogP contribution in [0.25, 0.3) is 0 Å². The van der Waals surface area contributed by atoms with Crippen LogP contribution in [0.1, 0.15) is 32.4 Å². The maximum absolute atomic E-state index is 12.2. The van der Waals surface area contributed by atoms with E-state index in [2.05, 4.69) is 21.6 Å². The van der Waals surface area contributed by atoms with Crippen molar-refractivity contribution in [2.45, 2.75) is 19.9 Å². The Bertz CT molecular complexity index is 706. The zero-order valence-corrected chi connectivity index (χ0v) is 15.9. The molecule has 1 aromatic carbocycles. The zero-order chi connectivity index (χ0) is 18.4. The van der Waals surface area contributed by atoms with Crippen LogP contribution in [0.4, 0.5) is 0 Å². The molecule has 0 saturated heterocycles. The molecule has 0 aliphatic rings. The van der Waals surface area contributed by atoms with Gasteiger partial charge in [0.25, 0.3) is 5.91 Å². The predicted molar refractivity (Wildman–Crippen MR) is 102 cm³/mol. The molecule has 6 heteroatoms. The molecule has 5 nitrogen and oxygen atoms in total. The summed E-state index contributed by atoms with van der Waals surface area (Å²) >= 11 is 1.67. The second-order valence-corrected chi connectivity index (χ2v) is 7.34. The number of amides is 2. The molecular formula is C19H25N3O2S. The molecule has 2 N–H and O–H groups in total. The van der Waals surface area contributed by atoms with Gasteiger partial charge in [-0.05, 0) is 51.5 Å². The van der Waals surface area contributed by atoms with Crippen LogP contribution in [0.5, 0.6) is 0 Å². The molecule has 2 amide bonds. The average molecular weight is 359 g/mol. The van der Waals surface area contributed by atoms with Gasteiger partial charge >= 0.3 is 0 Å². The summed E-state index contributed by atoms with van der Waals surface area (Å²) in [7, 11) is 3.97. The Labute approximate surface area is 153 Å². The van der Waals surface area contributed by atoms with E-state index in [1.165, 1.54) is 4.88 Å². The standard InChI is InChI=1S/C19H25N3O2S/c1-13-8-14(2)10-15(9-13)19(24)21-12-18(23)20-11-16(22(3)4)17-6-5-7-25-17/h5-10,16H,11-12H2,1-4H3,(H,20,23)(H,21,24). The van der Waals surface area contributed by atoms with E-state index in [1.54, 1.807) is 11.3 Å². The fourth-order valence-electron chi connectivity index (χ4n) is 2.66. The van der Waals surface area contributed by atoms with Gasteiger partial charge in [-0.2, -0.15) is 0 Å². The Morgan fingerprint density at radius 3 is 2.36 bits per heavy atom. The molecule has 0 saturated carbocycles. The maximum atomic E-state index is 12.2. The SMILES string of the molecule is Cc1cc(C)cc(C(=O)NCC(=O)NCC(c2cccs2)N(C)C)c1. The first kappa shape index (κ1) is 19.1. The molecule has 0 fully saturated rings. The van der Waals surface area contributed by atoms with Crippen molar-refractivity contribution in [1.82, 2.24) is 15.5 Å². The van der Waals surface area contributed by atoms with E-state index < -0.39 is 0 Å². The second-order valence-electron chi connectivity index (χ2n) is 6.36. The van der Waals surface area contributed by atoms with E-state index in [4.69, 9.17) is 0 Å². The molecule has 1 aromatic heterocycles. The number of nitrogens with zero attached hydrogens (tertiary/aromatic N) is 1. The smallest absolute Gasteiger partial charge is 0.251 e. The predicted octanol–water partition coefficient (Wildman–Crippen LogP) is 2.51. The molecule has 0 radical (unpaired) electrons. The van der Waals surface area contributed by atoms with E-state index in [9.17, 15) is 9.59 Å². The van der Waals surface area contributed by atoms with Crippen molar-refractivity contribution >= 4 is 23.2 Å². The van der Waals surface area contributed by atoms with Gasteiger partial charge in [-0.1, -0.05) is 23.3 Å². The van der Waals surface area contributed by atoms with Crippen molar-refractivity contribution in [1.29, 1.82) is 0 Å². The minimum atomic E-state index is -0.232. The quantitative estimate of drug-likeness (QED) is 0.798. The topological polar surface area (TPSA) is 61.4 Å². The third-order valence-electron chi connectivity index (χ3n) is 3.88. The first-order chi connectivity index (χ1) is 11.9. The number of carbonyl (C=O) groups excluding carboxylic acids is 2. The number of aryl methyl sites for hydroxylation is 2. The highest BCUT2D eigenvalue weighted by Crippen LogP contribution is 2.22. The molecule has 25 heavy (non-hydrogen) atoms. The summed E-state index contributed by atoms with van der Waals surface area (Å²) in [6, 6.07) is 9.83. The number of hydrogen-bond acceptors (Lipinski definition) is 4. The Morgan fingerprint density at radius 2 is 1.80 bits per heavy atom. The van der Waals surface area contributed by atoms with Crippen LogP contribution in [0.15, 0.2) is 35.7 Å². The highest BCUT2D eigenvalue weighted by Gasteiger charge is 2.16. The van der Waals surface area contributed by atoms with Crippen molar-refractivity contribution in [3.63, 3.8) is 0 Å². The third-order valence-corrected chi connectivity index (χ3v) is 4.85. The molecule has 0 spiro atoms. The minimum absolute atomic E-state index is 0.0313. The summed E-state index contributed by atoms with van der Waals surface area (Å²) in [6.07, 6.45) is 0. The maximum Gasteiger partial charge on any atom is 0.251 e. The first-order valence-electron chi connectivity index (χ1n) is 8.20. The number of likely N-dealkylation sites (N-methyl/N-ethyl adjacent to an activating group) is 1. The van der Waals surface area contributed by atoms with E-state index in [0.29, 0.717) is 12.1 Å². The molecule has 0 aliphatic heterocycles. The molecule has 1 atom stereocenters. The molecule has 0 bridgehead atoms. The van der Waals surface area contributed by atoms with Crippen molar-refractivity contribution in [2.75, 3.05) is 27.2 Å². The summed E-state index contributed by atoms with van der Waals surface area (Å²) < 4.78 is 0. The number of thiophene rings is 1. The van der Waals surface area contributed by atoms with Crippen molar-refractivity contribution in [3.05, 3.63) is 57.3 Å². The van der Waals surface area contributed by atoms with Gasteiger partial charge < -0.3 is 15.5 Å². The van der Waals surface area contributed by atoms with Crippen LogP contribution in [0.2, 0.25) is 0 Å². The lowest BCUT2D eigenvalue weighted by atomic mass is 10.1. The Hall–Kier alpha value is -2.18. The van der Waals surface area contributed by atoms with Crippen LogP contribution < -0.4 is 10.6 Å². The fraction of sp³-hybridized carbons (Fsp3) is 0.368. The highest BCUT2D eigenvalue weighted by molar-refractivity contribution is 7.10. The lowest BCUT2D eigenvalue weighted by Crippen LogP contribution is -2.40. The van der Waals surface area contributed by atoms with Crippen molar-refractivity contribution < 1.29 is 9.59 Å². The summed E-state index contributed by atoms with van der Waals surface area (Å²) in [5.41, 5.74) is 2.63. The van der Waals surface area contributed by atoms with Crippen LogP contribution in [0, 0.1) is 13.8 Å². The van der Waals surface area contributed by atoms with Crippen LogP contribution in [-0.2, 0) is 4.79 Å². The van der Waals surface area contributed by atoms with Gasteiger partial charge in [-0.15, -0.1) is 11.3 Å². The third kappa shape index (κ3) is 5.69. The molecule has 0 aliphatic carbocycles. The number of carbonyl (C=O) groups is 2. The summed E-state index contributed by atoms with van der Waals surface area (Å²) in [6.45, 7) is 4.37. The summed E-state index contributed by atoms with van der Waals surface area (Å²) in [5, 5.41) is 7.60. The lowest BCUT2D eigenvalue weighted by molar-refractivity contribution is -0.120.